The summed E-state index contributed by atoms with van der Waals surface area (Å²) in [6.07, 6.45) is 0.428. The van der Waals surface area contributed by atoms with Gasteiger partial charge in [-0.25, -0.2) is 0 Å². The van der Waals surface area contributed by atoms with E-state index in [1.54, 1.807) is 13.8 Å². The van der Waals surface area contributed by atoms with Crippen molar-refractivity contribution >= 4 is 5.78 Å². The van der Waals surface area contributed by atoms with Crippen molar-refractivity contribution < 1.29 is 9.90 Å². The number of phenolic OH excluding ortho intramolecular Hbond substituents is 1. The number of carbonyl (C=O) groups is 1. The first-order valence-electron chi connectivity index (χ1n) is 4.40. The zero-order valence-electron chi connectivity index (χ0n) is 8.22. The summed E-state index contributed by atoms with van der Waals surface area (Å²) in [5.74, 6) is 0.130. The highest BCUT2D eigenvalue weighted by molar-refractivity contribution is 6.00. The number of hydrogen-bond acceptors (Lipinski definition) is 2. The molecule has 0 aliphatic carbocycles. The molecule has 13 heavy (non-hydrogen) atoms. The van der Waals surface area contributed by atoms with E-state index in [0.29, 0.717) is 12.0 Å². The molecule has 0 aliphatic rings. The Hall–Kier alpha value is -1.31. The molecule has 1 aromatic carbocycles. The van der Waals surface area contributed by atoms with Gasteiger partial charge in [0, 0.05) is 6.42 Å². The Balaban J connectivity index is 3.33. The summed E-state index contributed by atoms with van der Waals surface area (Å²) in [5.41, 5.74) is 2.07. The van der Waals surface area contributed by atoms with Gasteiger partial charge in [0.1, 0.15) is 5.75 Å². The third-order valence-corrected chi connectivity index (χ3v) is 2.19. The maximum atomic E-state index is 11.4. The Labute approximate surface area is 78.2 Å². The molecule has 0 unspecified atom stereocenters. The van der Waals surface area contributed by atoms with Crippen LogP contribution in [0.4, 0.5) is 0 Å². The van der Waals surface area contributed by atoms with Crippen LogP contribution in [0.5, 0.6) is 5.75 Å². The monoisotopic (exact) mass is 178 g/mol. The summed E-state index contributed by atoms with van der Waals surface area (Å²) in [5, 5.41) is 9.66. The Bertz CT molecular complexity index is 340. The Kier molecular flexibility index (Phi) is 2.71. The summed E-state index contributed by atoms with van der Waals surface area (Å²) in [7, 11) is 0. The standard InChI is InChI=1S/C11H14O2/c1-4-9(12)10-7(2)5-6-8(3)11(10)13/h5-6,13H,4H2,1-3H3. The molecule has 1 rings (SSSR count). The van der Waals surface area contributed by atoms with Gasteiger partial charge in [-0.3, -0.25) is 4.79 Å². The number of phenols is 1. The molecule has 2 nitrogen and oxygen atoms in total. The van der Waals surface area contributed by atoms with Crippen LogP contribution in [-0.4, -0.2) is 10.9 Å². The highest BCUT2D eigenvalue weighted by Gasteiger charge is 2.13. The lowest BCUT2D eigenvalue weighted by Gasteiger charge is -2.08. The lowest BCUT2D eigenvalue weighted by Crippen LogP contribution is -2.01. The van der Waals surface area contributed by atoms with Gasteiger partial charge < -0.3 is 5.11 Å². The van der Waals surface area contributed by atoms with Crippen molar-refractivity contribution in [3.8, 4) is 5.75 Å². The van der Waals surface area contributed by atoms with Crippen molar-refractivity contribution in [2.24, 2.45) is 0 Å². The van der Waals surface area contributed by atoms with E-state index in [4.69, 9.17) is 0 Å². The van der Waals surface area contributed by atoms with Crippen molar-refractivity contribution in [2.75, 3.05) is 0 Å². The second-order valence-corrected chi connectivity index (χ2v) is 3.20. The van der Waals surface area contributed by atoms with Gasteiger partial charge in [0.15, 0.2) is 5.78 Å². The van der Waals surface area contributed by atoms with Crippen LogP contribution < -0.4 is 0 Å². The normalized spacial score (nSPS) is 10.1. The van der Waals surface area contributed by atoms with Crippen molar-refractivity contribution in [3.63, 3.8) is 0 Å². The van der Waals surface area contributed by atoms with Gasteiger partial charge >= 0.3 is 0 Å². The Morgan fingerprint density at radius 2 is 1.85 bits per heavy atom. The molecule has 2 heteroatoms. The number of aromatic hydroxyl groups is 1. The van der Waals surface area contributed by atoms with E-state index in [9.17, 15) is 9.90 Å². The van der Waals surface area contributed by atoms with Crippen molar-refractivity contribution in [1.29, 1.82) is 0 Å². The van der Waals surface area contributed by atoms with Crippen LogP contribution in [0.1, 0.15) is 34.8 Å². The van der Waals surface area contributed by atoms with Gasteiger partial charge in [-0.05, 0) is 25.0 Å². The van der Waals surface area contributed by atoms with Crippen molar-refractivity contribution in [1.82, 2.24) is 0 Å². The molecule has 0 amide bonds. The lowest BCUT2D eigenvalue weighted by atomic mass is 9.99. The largest absolute Gasteiger partial charge is 0.507 e. The van der Waals surface area contributed by atoms with E-state index in [0.717, 1.165) is 11.1 Å². The van der Waals surface area contributed by atoms with Crippen LogP contribution >= 0.6 is 0 Å². The third-order valence-electron chi connectivity index (χ3n) is 2.19. The molecule has 70 valence electrons. The average molecular weight is 178 g/mol. The molecular formula is C11H14O2. The van der Waals surface area contributed by atoms with E-state index in [-0.39, 0.29) is 11.5 Å². The summed E-state index contributed by atoms with van der Waals surface area (Å²) >= 11 is 0. The van der Waals surface area contributed by atoms with Gasteiger partial charge in [-0.15, -0.1) is 0 Å². The predicted molar refractivity (Wildman–Crippen MR) is 52.2 cm³/mol. The molecule has 1 N–H and O–H groups in total. The summed E-state index contributed by atoms with van der Waals surface area (Å²) in [6.45, 7) is 5.42. The van der Waals surface area contributed by atoms with Crippen LogP contribution in [0.3, 0.4) is 0 Å². The minimum atomic E-state index is -0.00120. The van der Waals surface area contributed by atoms with Gasteiger partial charge in [-0.2, -0.15) is 0 Å². The minimum absolute atomic E-state index is 0.00120. The van der Waals surface area contributed by atoms with Crippen LogP contribution in [0.15, 0.2) is 12.1 Å². The maximum Gasteiger partial charge on any atom is 0.166 e. The quantitative estimate of drug-likeness (QED) is 0.707. The van der Waals surface area contributed by atoms with E-state index in [2.05, 4.69) is 0 Å². The number of rotatable bonds is 2. The smallest absolute Gasteiger partial charge is 0.166 e. The first-order valence-corrected chi connectivity index (χ1v) is 4.40. The van der Waals surface area contributed by atoms with Gasteiger partial charge in [0.05, 0.1) is 5.56 Å². The molecule has 1 aromatic rings. The minimum Gasteiger partial charge on any atom is -0.507 e. The SMILES string of the molecule is CCC(=O)c1c(C)ccc(C)c1O. The van der Waals surface area contributed by atoms with E-state index >= 15 is 0 Å². The van der Waals surface area contributed by atoms with E-state index < -0.39 is 0 Å². The highest BCUT2D eigenvalue weighted by atomic mass is 16.3. The number of hydrogen-bond donors (Lipinski definition) is 1. The zero-order valence-corrected chi connectivity index (χ0v) is 8.22. The Morgan fingerprint density at radius 1 is 1.31 bits per heavy atom. The number of ketones is 1. The number of benzene rings is 1. The first kappa shape index (κ1) is 9.78. The molecule has 0 heterocycles. The molecule has 0 radical (unpaired) electrons. The van der Waals surface area contributed by atoms with Crippen LogP contribution in [-0.2, 0) is 0 Å². The molecule has 0 fully saturated rings. The second-order valence-electron chi connectivity index (χ2n) is 3.20. The van der Waals surface area contributed by atoms with Gasteiger partial charge in [0.25, 0.3) is 0 Å². The van der Waals surface area contributed by atoms with Crippen molar-refractivity contribution in [2.45, 2.75) is 27.2 Å². The summed E-state index contributed by atoms with van der Waals surface area (Å²) < 4.78 is 0. The summed E-state index contributed by atoms with van der Waals surface area (Å²) in [6, 6.07) is 3.68. The molecule has 0 saturated carbocycles. The predicted octanol–water partition coefficient (Wildman–Crippen LogP) is 2.60. The lowest BCUT2D eigenvalue weighted by molar-refractivity contribution is 0.0985. The van der Waals surface area contributed by atoms with E-state index in [1.165, 1.54) is 0 Å². The molecule has 0 aromatic heterocycles. The van der Waals surface area contributed by atoms with Crippen LogP contribution in [0.25, 0.3) is 0 Å². The fraction of sp³-hybridized carbons (Fsp3) is 0.364. The van der Waals surface area contributed by atoms with Gasteiger partial charge in [0.2, 0.25) is 0 Å². The van der Waals surface area contributed by atoms with Gasteiger partial charge in [-0.1, -0.05) is 19.1 Å². The van der Waals surface area contributed by atoms with Crippen LogP contribution in [0, 0.1) is 13.8 Å². The Morgan fingerprint density at radius 3 is 2.38 bits per heavy atom. The third kappa shape index (κ3) is 1.72. The fourth-order valence-corrected chi connectivity index (χ4v) is 1.32. The molecule has 0 atom stereocenters. The molecule has 0 aliphatic heterocycles. The second kappa shape index (κ2) is 3.60. The van der Waals surface area contributed by atoms with Crippen LogP contribution in [0.2, 0.25) is 0 Å². The molecular weight excluding hydrogens is 164 g/mol. The topological polar surface area (TPSA) is 37.3 Å². The summed E-state index contributed by atoms with van der Waals surface area (Å²) in [4.78, 5) is 11.4. The maximum absolute atomic E-state index is 11.4. The molecule has 0 spiro atoms. The first-order chi connectivity index (χ1) is 6.07. The van der Waals surface area contributed by atoms with Crippen molar-refractivity contribution in [3.05, 3.63) is 28.8 Å². The molecule has 0 bridgehead atoms. The number of Topliss-reactive ketones (excluding diaryl/α,β-unsaturated/α-hetero) is 1. The fourth-order valence-electron chi connectivity index (χ4n) is 1.32. The zero-order chi connectivity index (χ0) is 10.0. The number of aryl methyl sites for hydroxylation is 2. The average Bonchev–Trinajstić information content (AvgIpc) is 2.12. The molecule has 0 saturated heterocycles. The number of carbonyl (C=O) groups excluding carboxylic acids is 1. The highest BCUT2D eigenvalue weighted by Crippen LogP contribution is 2.26. The van der Waals surface area contributed by atoms with E-state index in [1.807, 2.05) is 19.1 Å².